The van der Waals surface area contributed by atoms with Crippen molar-refractivity contribution in [3.8, 4) is 5.75 Å². The number of benzene rings is 1. The molecule has 118 valence electrons. The van der Waals surface area contributed by atoms with Gasteiger partial charge in [-0.3, -0.25) is 4.79 Å². The van der Waals surface area contributed by atoms with E-state index in [-0.39, 0.29) is 18.3 Å². The molecule has 2 rings (SSSR count). The second kappa shape index (κ2) is 8.47. The highest BCUT2D eigenvalue weighted by atomic mass is 35.5. The van der Waals surface area contributed by atoms with Crippen molar-refractivity contribution in [1.29, 1.82) is 0 Å². The molecule has 0 aromatic heterocycles. The van der Waals surface area contributed by atoms with Crippen molar-refractivity contribution in [2.24, 2.45) is 0 Å². The lowest BCUT2D eigenvalue weighted by Gasteiger charge is -2.13. The number of hydrogen-bond donors (Lipinski definition) is 2. The Bertz CT molecular complexity index is 489. The first kappa shape index (κ1) is 18.1. The maximum atomic E-state index is 12.0. The Balaban J connectivity index is 0.00000220. The summed E-state index contributed by atoms with van der Waals surface area (Å²) in [5, 5.41) is 6.93. The molecule has 1 amide bonds. The molecule has 0 saturated carbocycles. The third kappa shape index (κ3) is 5.06. The number of methoxy groups -OCH3 is 1. The molecule has 1 aromatic carbocycles. The van der Waals surface area contributed by atoms with Crippen LogP contribution in [0.4, 0.5) is 5.69 Å². The van der Waals surface area contributed by atoms with Crippen LogP contribution in [-0.4, -0.2) is 25.6 Å². The van der Waals surface area contributed by atoms with Crippen LogP contribution in [0.3, 0.4) is 0 Å². The predicted molar refractivity (Wildman–Crippen MR) is 88.9 cm³/mol. The summed E-state index contributed by atoms with van der Waals surface area (Å²) in [6.07, 6.45) is 3.76. The van der Waals surface area contributed by atoms with Gasteiger partial charge in [-0.2, -0.15) is 0 Å². The lowest BCUT2D eigenvalue weighted by Crippen LogP contribution is -2.23. The van der Waals surface area contributed by atoms with Gasteiger partial charge in [0.1, 0.15) is 5.75 Å². The number of aryl methyl sites for hydroxylation is 1. The maximum Gasteiger partial charge on any atom is 0.224 e. The molecule has 1 saturated heterocycles. The van der Waals surface area contributed by atoms with Gasteiger partial charge in [0.25, 0.3) is 0 Å². The highest BCUT2D eigenvalue weighted by Gasteiger charge is 2.16. The van der Waals surface area contributed by atoms with Gasteiger partial charge in [0, 0.05) is 23.6 Å². The highest BCUT2D eigenvalue weighted by Crippen LogP contribution is 2.31. The summed E-state index contributed by atoms with van der Waals surface area (Å²) in [5.74, 6) is 0.603. The lowest BCUT2D eigenvalue weighted by atomic mass is 10.1. The monoisotopic (exact) mass is 332 g/mol. The van der Waals surface area contributed by atoms with Gasteiger partial charge >= 0.3 is 0 Å². The molecule has 0 radical (unpaired) electrons. The van der Waals surface area contributed by atoms with E-state index in [1.807, 2.05) is 13.0 Å². The second-order valence-electron chi connectivity index (χ2n) is 5.18. The summed E-state index contributed by atoms with van der Waals surface area (Å²) < 4.78 is 5.25. The maximum absolute atomic E-state index is 12.0. The second-order valence-corrected chi connectivity index (χ2v) is 5.59. The van der Waals surface area contributed by atoms with Crippen molar-refractivity contribution in [2.75, 3.05) is 19.0 Å². The molecule has 0 spiro atoms. The Hall–Kier alpha value is -0.970. The largest absolute Gasteiger partial charge is 0.495 e. The average Bonchev–Trinajstić information content (AvgIpc) is 2.93. The average molecular weight is 333 g/mol. The fourth-order valence-corrected chi connectivity index (χ4v) is 2.60. The van der Waals surface area contributed by atoms with Crippen LogP contribution < -0.4 is 15.4 Å². The van der Waals surface area contributed by atoms with Gasteiger partial charge in [-0.1, -0.05) is 11.6 Å². The van der Waals surface area contributed by atoms with Gasteiger partial charge in [-0.25, -0.2) is 0 Å². The molecule has 1 unspecified atom stereocenters. The summed E-state index contributed by atoms with van der Waals surface area (Å²) in [6, 6.07) is 4.05. The molecule has 4 nitrogen and oxygen atoms in total. The molecule has 2 N–H and O–H groups in total. The van der Waals surface area contributed by atoms with Gasteiger partial charge in [-0.05, 0) is 44.4 Å². The van der Waals surface area contributed by atoms with Gasteiger partial charge in [0.15, 0.2) is 0 Å². The van der Waals surface area contributed by atoms with Crippen LogP contribution in [0.25, 0.3) is 0 Å². The van der Waals surface area contributed by atoms with Crippen LogP contribution in [0.5, 0.6) is 5.75 Å². The molecule has 21 heavy (non-hydrogen) atoms. The number of halogens is 2. The Morgan fingerprint density at radius 1 is 1.52 bits per heavy atom. The van der Waals surface area contributed by atoms with Crippen LogP contribution in [0.15, 0.2) is 12.1 Å². The van der Waals surface area contributed by atoms with Gasteiger partial charge in [-0.15, -0.1) is 12.4 Å². The van der Waals surface area contributed by atoms with Crippen molar-refractivity contribution >= 4 is 35.6 Å². The van der Waals surface area contributed by atoms with E-state index in [4.69, 9.17) is 16.3 Å². The fraction of sp³-hybridized carbons (Fsp3) is 0.533. The molecule has 1 heterocycles. The van der Waals surface area contributed by atoms with Crippen molar-refractivity contribution in [3.05, 3.63) is 22.7 Å². The van der Waals surface area contributed by atoms with Crippen molar-refractivity contribution in [1.82, 2.24) is 5.32 Å². The Kier molecular flexibility index (Phi) is 7.29. The first-order chi connectivity index (χ1) is 9.60. The number of carbonyl (C=O) groups excluding carboxylic acids is 1. The molecule has 1 atom stereocenters. The van der Waals surface area contributed by atoms with E-state index >= 15 is 0 Å². The number of amides is 1. The quantitative estimate of drug-likeness (QED) is 0.866. The number of ether oxygens (including phenoxy) is 1. The minimum atomic E-state index is 0. The molecule has 0 bridgehead atoms. The summed E-state index contributed by atoms with van der Waals surface area (Å²) >= 11 is 6.05. The zero-order valence-electron chi connectivity index (χ0n) is 12.4. The number of carbonyl (C=O) groups is 1. The van der Waals surface area contributed by atoms with Crippen LogP contribution >= 0.6 is 24.0 Å². The van der Waals surface area contributed by atoms with Crippen molar-refractivity contribution in [3.63, 3.8) is 0 Å². The predicted octanol–water partition coefficient (Wildman–Crippen LogP) is 3.55. The van der Waals surface area contributed by atoms with Crippen LogP contribution in [0, 0.1) is 6.92 Å². The zero-order valence-corrected chi connectivity index (χ0v) is 13.9. The third-order valence-corrected chi connectivity index (χ3v) is 4.04. The molecule has 6 heteroatoms. The van der Waals surface area contributed by atoms with Crippen LogP contribution in [-0.2, 0) is 4.79 Å². The Labute approximate surface area is 137 Å². The number of anilines is 1. The Morgan fingerprint density at radius 3 is 2.90 bits per heavy atom. The standard InChI is InChI=1S/C15H21ClN2O2.ClH/c1-10-8-13(14(20-2)9-12(10)16)18-15(19)6-5-11-4-3-7-17-11;/h8-9,11,17H,3-7H2,1-2H3,(H,18,19);1H. The topological polar surface area (TPSA) is 50.4 Å². The van der Waals surface area contributed by atoms with Gasteiger partial charge in [0.05, 0.1) is 12.8 Å². The van der Waals surface area contributed by atoms with E-state index in [1.165, 1.54) is 6.42 Å². The molecule has 0 aliphatic carbocycles. The summed E-state index contributed by atoms with van der Waals surface area (Å²) in [5.41, 5.74) is 1.60. The van der Waals surface area contributed by atoms with E-state index in [1.54, 1.807) is 13.2 Å². The first-order valence-corrected chi connectivity index (χ1v) is 7.35. The summed E-state index contributed by atoms with van der Waals surface area (Å²) in [4.78, 5) is 12.0. The third-order valence-electron chi connectivity index (χ3n) is 3.64. The van der Waals surface area contributed by atoms with Crippen LogP contribution in [0.1, 0.15) is 31.2 Å². The smallest absolute Gasteiger partial charge is 0.224 e. The zero-order chi connectivity index (χ0) is 14.5. The van der Waals surface area contributed by atoms with E-state index in [9.17, 15) is 4.79 Å². The van der Waals surface area contributed by atoms with Crippen molar-refractivity contribution < 1.29 is 9.53 Å². The Morgan fingerprint density at radius 2 is 2.29 bits per heavy atom. The van der Waals surface area contributed by atoms with E-state index in [2.05, 4.69) is 10.6 Å². The molecular formula is C15H22Cl2N2O2. The molecule has 1 fully saturated rings. The fourth-order valence-electron chi connectivity index (χ4n) is 2.45. The molecule has 1 aliphatic rings. The van der Waals surface area contributed by atoms with E-state index < -0.39 is 0 Å². The van der Waals surface area contributed by atoms with Crippen molar-refractivity contribution in [2.45, 2.75) is 38.6 Å². The first-order valence-electron chi connectivity index (χ1n) is 6.97. The minimum absolute atomic E-state index is 0. The molecule has 1 aromatic rings. The van der Waals surface area contributed by atoms with E-state index in [0.717, 1.165) is 24.9 Å². The number of nitrogens with one attached hydrogen (secondary N) is 2. The summed E-state index contributed by atoms with van der Waals surface area (Å²) in [7, 11) is 1.57. The van der Waals surface area contributed by atoms with Gasteiger partial charge in [0.2, 0.25) is 5.91 Å². The normalized spacial score (nSPS) is 17.2. The minimum Gasteiger partial charge on any atom is -0.495 e. The number of hydrogen-bond acceptors (Lipinski definition) is 3. The van der Waals surface area contributed by atoms with Crippen LogP contribution in [0.2, 0.25) is 5.02 Å². The molecular weight excluding hydrogens is 311 g/mol. The SMILES string of the molecule is COc1cc(Cl)c(C)cc1NC(=O)CCC1CCCN1.Cl. The molecule has 1 aliphatic heterocycles. The summed E-state index contributed by atoms with van der Waals surface area (Å²) in [6.45, 7) is 2.97. The number of rotatable bonds is 5. The van der Waals surface area contributed by atoms with Gasteiger partial charge < -0.3 is 15.4 Å². The lowest BCUT2D eigenvalue weighted by molar-refractivity contribution is -0.116. The highest BCUT2D eigenvalue weighted by molar-refractivity contribution is 6.31. The van der Waals surface area contributed by atoms with E-state index in [0.29, 0.717) is 28.9 Å².